The molecular formula is C31H40N4O6. The first-order valence-electron chi connectivity index (χ1n) is 14.3. The summed E-state index contributed by atoms with van der Waals surface area (Å²) in [4.78, 5) is 44.1. The van der Waals surface area contributed by atoms with Gasteiger partial charge in [0.1, 0.15) is 11.5 Å². The maximum absolute atomic E-state index is 14.0. The highest BCUT2D eigenvalue weighted by atomic mass is 16.5. The van der Waals surface area contributed by atoms with E-state index in [1.54, 1.807) is 45.1 Å². The van der Waals surface area contributed by atoms with Crippen molar-refractivity contribution in [1.29, 1.82) is 0 Å². The fourth-order valence-electron chi connectivity index (χ4n) is 5.65. The lowest BCUT2D eigenvalue weighted by Gasteiger charge is -2.39. The van der Waals surface area contributed by atoms with Gasteiger partial charge in [0.05, 0.1) is 30.3 Å². The molecule has 3 aliphatic rings. The lowest BCUT2D eigenvalue weighted by Crippen LogP contribution is -2.53. The zero-order valence-corrected chi connectivity index (χ0v) is 24.3. The van der Waals surface area contributed by atoms with E-state index in [1.165, 1.54) is 0 Å². The molecule has 2 fully saturated rings. The molecular weight excluding hydrogens is 524 g/mol. The van der Waals surface area contributed by atoms with E-state index >= 15 is 0 Å². The lowest BCUT2D eigenvalue weighted by atomic mass is 9.88. The van der Waals surface area contributed by atoms with Gasteiger partial charge in [0.2, 0.25) is 11.8 Å². The molecule has 0 spiro atoms. The van der Waals surface area contributed by atoms with Crippen LogP contribution in [0.2, 0.25) is 0 Å². The molecule has 1 saturated heterocycles. The first kappa shape index (κ1) is 28.9. The van der Waals surface area contributed by atoms with Crippen LogP contribution in [0.5, 0.6) is 11.5 Å². The number of para-hydroxylation sites is 2. The minimum atomic E-state index is -0.985. The third kappa shape index (κ3) is 6.18. The number of fused-ring (bicyclic) bond motifs is 1. The second-order valence-electron chi connectivity index (χ2n) is 11.5. The molecule has 2 heterocycles. The Balaban J connectivity index is 1.35. The fraction of sp³-hybridized carbons (Fsp3) is 0.516. The zero-order valence-electron chi connectivity index (χ0n) is 24.3. The van der Waals surface area contributed by atoms with E-state index in [0.717, 1.165) is 18.5 Å². The van der Waals surface area contributed by atoms with Gasteiger partial charge in [-0.3, -0.25) is 14.4 Å². The number of ether oxygens (including phenoxy) is 3. The zero-order chi connectivity index (χ0) is 29.1. The van der Waals surface area contributed by atoms with Crippen LogP contribution in [0.25, 0.3) is 0 Å². The van der Waals surface area contributed by atoms with Gasteiger partial charge in [0.15, 0.2) is 5.60 Å². The summed E-state index contributed by atoms with van der Waals surface area (Å²) >= 11 is 0. The number of carbonyl (C=O) groups is 3. The predicted molar refractivity (Wildman–Crippen MR) is 157 cm³/mol. The average Bonchev–Trinajstić information content (AvgIpc) is 3.81. The Labute approximate surface area is 241 Å². The second-order valence-corrected chi connectivity index (χ2v) is 11.5. The van der Waals surface area contributed by atoms with Crippen molar-refractivity contribution in [2.24, 2.45) is 11.8 Å². The number of hydrogen-bond donors (Lipinski definition) is 2. The smallest absolute Gasteiger partial charge is 0.270 e. The van der Waals surface area contributed by atoms with Crippen molar-refractivity contribution in [2.45, 2.75) is 51.2 Å². The Morgan fingerprint density at radius 1 is 1.12 bits per heavy atom. The molecule has 0 aromatic heterocycles. The van der Waals surface area contributed by atoms with Gasteiger partial charge in [0.25, 0.3) is 5.91 Å². The topological polar surface area (TPSA) is 109 Å². The van der Waals surface area contributed by atoms with Crippen LogP contribution in [0.1, 0.15) is 39.5 Å². The fourth-order valence-corrected chi connectivity index (χ4v) is 5.65. The predicted octanol–water partition coefficient (Wildman–Crippen LogP) is 3.60. The average molecular weight is 565 g/mol. The molecule has 2 N–H and O–H groups in total. The summed E-state index contributed by atoms with van der Waals surface area (Å²) in [5, 5.41) is 6.27. The molecule has 1 saturated carbocycles. The number of carbonyl (C=O) groups excluding carboxylic acids is 3. The van der Waals surface area contributed by atoms with Gasteiger partial charge in [-0.05, 0) is 69.9 Å². The normalized spacial score (nSPS) is 21.5. The van der Waals surface area contributed by atoms with Crippen LogP contribution in [0.4, 0.5) is 17.1 Å². The Kier molecular flexibility index (Phi) is 8.51. The molecule has 0 unspecified atom stereocenters. The lowest BCUT2D eigenvalue weighted by molar-refractivity contribution is -0.132. The summed E-state index contributed by atoms with van der Waals surface area (Å²) in [6, 6.07) is 13.0. The van der Waals surface area contributed by atoms with Crippen LogP contribution >= 0.6 is 0 Å². The van der Waals surface area contributed by atoms with Gasteiger partial charge < -0.3 is 34.6 Å². The highest BCUT2D eigenvalue weighted by molar-refractivity contribution is 6.04. The third-order valence-corrected chi connectivity index (χ3v) is 7.95. The highest BCUT2D eigenvalue weighted by Crippen LogP contribution is 2.43. The minimum absolute atomic E-state index is 0.0101. The number of hydrogen-bond acceptors (Lipinski definition) is 7. The Morgan fingerprint density at radius 2 is 1.88 bits per heavy atom. The molecule has 0 bridgehead atoms. The number of nitrogens with zero attached hydrogens (tertiary/aromatic N) is 2. The van der Waals surface area contributed by atoms with Crippen LogP contribution in [-0.4, -0.2) is 69.8 Å². The first-order chi connectivity index (χ1) is 19.7. The number of benzene rings is 2. The second kappa shape index (κ2) is 12.1. The van der Waals surface area contributed by atoms with E-state index in [1.807, 2.05) is 35.2 Å². The van der Waals surface area contributed by atoms with Gasteiger partial charge in [-0.2, -0.15) is 0 Å². The first-order valence-corrected chi connectivity index (χ1v) is 14.3. The van der Waals surface area contributed by atoms with E-state index in [-0.39, 0.29) is 35.6 Å². The maximum atomic E-state index is 14.0. The van der Waals surface area contributed by atoms with Crippen molar-refractivity contribution in [1.82, 2.24) is 5.32 Å². The van der Waals surface area contributed by atoms with Crippen LogP contribution in [0.3, 0.4) is 0 Å². The summed E-state index contributed by atoms with van der Waals surface area (Å²) in [7, 11) is 3.21. The minimum Gasteiger partial charge on any atom is -0.495 e. The molecule has 0 radical (unpaired) electrons. The summed E-state index contributed by atoms with van der Waals surface area (Å²) in [5.41, 5.74) is 1.03. The van der Waals surface area contributed by atoms with E-state index in [9.17, 15) is 14.4 Å². The summed E-state index contributed by atoms with van der Waals surface area (Å²) in [6.45, 7) is 5.57. The van der Waals surface area contributed by atoms with Gasteiger partial charge >= 0.3 is 0 Å². The third-order valence-electron chi connectivity index (χ3n) is 7.95. The van der Waals surface area contributed by atoms with E-state index in [0.29, 0.717) is 62.0 Å². The standard InChI is InChI=1S/C31H40N4O6/c1-31(2)30(38)34(14-7-15-39-3)25-17-23(12-13-27(25)41-31)35(22-10-11-22)29(37)21-16-20(18-32-19-21)28(36)33-24-8-5-6-9-26(24)40-4/h5-6,8-9,12-13,17,20-22,32H,7,10-11,14-16,18-19H2,1-4H3,(H,33,36)/t20-,21+/m0/s1. The van der Waals surface area contributed by atoms with Crippen molar-refractivity contribution in [2.75, 3.05) is 55.6 Å². The van der Waals surface area contributed by atoms with Crippen molar-refractivity contribution in [3.8, 4) is 11.5 Å². The number of anilines is 3. The van der Waals surface area contributed by atoms with Crippen LogP contribution < -0.4 is 29.9 Å². The largest absolute Gasteiger partial charge is 0.495 e. The van der Waals surface area contributed by atoms with Crippen LogP contribution in [-0.2, 0) is 19.1 Å². The van der Waals surface area contributed by atoms with E-state index in [4.69, 9.17) is 14.2 Å². The molecule has 5 rings (SSSR count). The van der Waals surface area contributed by atoms with Gasteiger partial charge in [-0.1, -0.05) is 12.1 Å². The number of methoxy groups -OCH3 is 2. The number of rotatable bonds is 10. The van der Waals surface area contributed by atoms with Crippen LogP contribution in [0.15, 0.2) is 42.5 Å². The molecule has 3 amide bonds. The number of amides is 3. The molecule has 2 aromatic rings. The Hall–Kier alpha value is -3.63. The molecule has 41 heavy (non-hydrogen) atoms. The van der Waals surface area contributed by atoms with Crippen molar-refractivity contribution in [3.05, 3.63) is 42.5 Å². The molecule has 10 nitrogen and oxygen atoms in total. The highest BCUT2D eigenvalue weighted by Gasteiger charge is 2.43. The monoisotopic (exact) mass is 564 g/mol. The van der Waals surface area contributed by atoms with Crippen molar-refractivity contribution < 1.29 is 28.6 Å². The van der Waals surface area contributed by atoms with Crippen LogP contribution in [0, 0.1) is 11.8 Å². The molecule has 1 aliphatic carbocycles. The molecule has 2 aromatic carbocycles. The summed E-state index contributed by atoms with van der Waals surface area (Å²) in [5.74, 6) is 0.210. The van der Waals surface area contributed by atoms with E-state index < -0.39 is 5.60 Å². The maximum Gasteiger partial charge on any atom is 0.270 e. The summed E-state index contributed by atoms with van der Waals surface area (Å²) in [6.07, 6.45) is 2.96. The molecule has 10 heteroatoms. The van der Waals surface area contributed by atoms with E-state index in [2.05, 4.69) is 10.6 Å². The SMILES string of the molecule is COCCCN1C(=O)C(C)(C)Oc2ccc(N(C(=O)[C@H]3CNC[C@@H](C(=O)Nc4ccccc4OC)C3)C3CC3)cc21. The quantitative estimate of drug-likeness (QED) is 0.425. The van der Waals surface area contributed by atoms with Crippen molar-refractivity contribution >= 4 is 34.8 Å². The number of piperidine rings is 1. The molecule has 2 atom stereocenters. The van der Waals surface area contributed by atoms with Gasteiger partial charge in [-0.15, -0.1) is 0 Å². The Morgan fingerprint density at radius 3 is 2.61 bits per heavy atom. The van der Waals surface area contributed by atoms with Gasteiger partial charge in [0, 0.05) is 45.1 Å². The number of nitrogens with one attached hydrogen (secondary N) is 2. The molecule has 220 valence electrons. The molecule has 2 aliphatic heterocycles. The Bertz CT molecular complexity index is 1290. The van der Waals surface area contributed by atoms with Gasteiger partial charge in [-0.25, -0.2) is 0 Å². The van der Waals surface area contributed by atoms with Crippen molar-refractivity contribution in [3.63, 3.8) is 0 Å². The summed E-state index contributed by atoms with van der Waals surface area (Å²) < 4.78 is 16.7.